The molecule has 1 aliphatic heterocycles. The summed E-state index contributed by atoms with van der Waals surface area (Å²) in [6.45, 7) is 3.86. The lowest BCUT2D eigenvalue weighted by Crippen LogP contribution is -2.30. The summed E-state index contributed by atoms with van der Waals surface area (Å²) in [7, 11) is 2.13. The van der Waals surface area contributed by atoms with Crippen LogP contribution in [0, 0.1) is 0 Å². The van der Waals surface area contributed by atoms with Gasteiger partial charge in [-0.2, -0.15) is 0 Å². The van der Waals surface area contributed by atoms with Gasteiger partial charge in [-0.3, -0.25) is 0 Å². The van der Waals surface area contributed by atoms with Crippen LogP contribution in [-0.2, 0) is 7.05 Å². The normalized spacial score (nSPS) is 21.1. The molecule has 1 saturated carbocycles. The van der Waals surface area contributed by atoms with E-state index in [-0.39, 0.29) is 0 Å². The van der Waals surface area contributed by atoms with Crippen molar-refractivity contribution in [3.05, 3.63) is 5.82 Å². The molecule has 112 valence electrons. The van der Waals surface area contributed by atoms with Gasteiger partial charge in [0.15, 0.2) is 5.16 Å². The van der Waals surface area contributed by atoms with Crippen LogP contribution in [0.3, 0.4) is 0 Å². The number of thioether (sulfide) groups is 1. The third-order valence-corrected chi connectivity index (χ3v) is 5.74. The predicted octanol–water partition coefficient (Wildman–Crippen LogP) is 3.05. The van der Waals surface area contributed by atoms with E-state index in [1.165, 1.54) is 70.4 Å². The van der Waals surface area contributed by atoms with Crippen molar-refractivity contribution in [3.63, 3.8) is 0 Å². The molecule has 0 aromatic carbocycles. The Labute approximate surface area is 126 Å². The topological polar surface area (TPSA) is 34.0 Å². The zero-order chi connectivity index (χ0) is 13.8. The van der Waals surface area contributed by atoms with E-state index in [2.05, 4.69) is 26.7 Å². The molecule has 5 heteroatoms. The Kier molecular flexibility index (Phi) is 4.99. The Morgan fingerprint density at radius 1 is 1.10 bits per heavy atom. The van der Waals surface area contributed by atoms with Gasteiger partial charge < -0.3 is 9.47 Å². The van der Waals surface area contributed by atoms with Crippen LogP contribution >= 0.6 is 11.8 Å². The van der Waals surface area contributed by atoms with Gasteiger partial charge in [-0.05, 0) is 51.7 Å². The minimum absolute atomic E-state index is 0.676. The zero-order valence-electron chi connectivity index (χ0n) is 12.6. The molecule has 4 nitrogen and oxygen atoms in total. The Morgan fingerprint density at radius 3 is 2.60 bits per heavy atom. The molecule has 20 heavy (non-hydrogen) atoms. The fourth-order valence-electron chi connectivity index (χ4n) is 3.11. The van der Waals surface area contributed by atoms with E-state index >= 15 is 0 Å². The lowest BCUT2D eigenvalue weighted by molar-refractivity contribution is 0.230. The van der Waals surface area contributed by atoms with Crippen molar-refractivity contribution in [2.24, 2.45) is 7.05 Å². The van der Waals surface area contributed by atoms with Gasteiger partial charge in [-0.15, -0.1) is 10.2 Å². The maximum Gasteiger partial charge on any atom is 0.190 e. The van der Waals surface area contributed by atoms with E-state index in [1.54, 1.807) is 0 Å². The van der Waals surface area contributed by atoms with Crippen LogP contribution in [-0.4, -0.2) is 45.1 Å². The first-order chi connectivity index (χ1) is 9.84. The molecule has 0 radical (unpaired) electrons. The molecule has 1 aliphatic carbocycles. The number of rotatable bonds is 6. The van der Waals surface area contributed by atoms with E-state index in [0.717, 1.165) is 10.9 Å². The minimum Gasteiger partial charge on any atom is -0.309 e. The minimum atomic E-state index is 0.676. The van der Waals surface area contributed by atoms with Crippen LogP contribution in [0.2, 0.25) is 0 Å². The van der Waals surface area contributed by atoms with Gasteiger partial charge in [0.2, 0.25) is 0 Å². The van der Waals surface area contributed by atoms with Crippen molar-refractivity contribution in [3.8, 4) is 0 Å². The molecule has 2 fully saturated rings. The average molecular weight is 294 g/mol. The third kappa shape index (κ3) is 3.37. The van der Waals surface area contributed by atoms with Crippen molar-refractivity contribution in [2.45, 2.75) is 56.0 Å². The van der Waals surface area contributed by atoms with Crippen molar-refractivity contribution in [2.75, 3.05) is 25.4 Å². The molecule has 1 saturated heterocycles. The summed E-state index contributed by atoms with van der Waals surface area (Å²) in [5, 5.41) is 9.86. The van der Waals surface area contributed by atoms with E-state index in [0.29, 0.717) is 5.92 Å². The van der Waals surface area contributed by atoms with Gasteiger partial charge in [-0.25, -0.2) is 0 Å². The number of hydrogen-bond donors (Lipinski definition) is 0. The number of hydrogen-bond acceptors (Lipinski definition) is 4. The maximum absolute atomic E-state index is 4.39. The molecular formula is C15H26N4S. The van der Waals surface area contributed by atoms with Gasteiger partial charge in [-0.1, -0.05) is 24.6 Å². The Morgan fingerprint density at radius 2 is 1.90 bits per heavy atom. The zero-order valence-corrected chi connectivity index (χ0v) is 13.4. The van der Waals surface area contributed by atoms with E-state index in [4.69, 9.17) is 0 Å². The lowest BCUT2D eigenvalue weighted by atomic mass is 9.85. The molecule has 1 aromatic heterocycles. The van der Waals surface area contributed by atoms with Crippen molar-refractivity contribution in [1.82, 2.24) is 19.7 Å². The molecule has 0 N–H and O–H groups in total. The second-order valence-corrected chi connectivity index (χ2v) is 7.19. The fourth-order valence-corrected chi connectivity index (χ4v) is 3.95. The smallest absolute Gasteiger partial charge is 0.190 e. The monoisotopic (exact) mass is 294 g/mol. The molecule has 0 spiro atoms. The molecule has 2 heterocycles. The summed E-state index contributed by atoms with van der Waals surface area (Å²) in [4.78, 5) is 2.61. The lowest BCUT2D eigenvalue weighted by Gasteiger charge is -2.26. The largest absolute Gasteiger partial charge is 0.309 e. The first-order valence-electron chi connectivity index (χ1n) is 8.09. The fraction of sp³-hybridized carbons (Fsp3) is 0.867. The quantitative estimate of drug-likeness (QED) is 0.596. The first-order valence-corrected chi connectivity index (χ1v) is 9.07. The number of aromatic nitrogens is 3. The molecule has 0 atom stereocenters. The first kappa shape index (κ1) is 14.4. The highest BCUT2D eigenvalue weighted by molar-refractivity contribution is 7.99. The standard InChI is InChI=1S/C15H26N4S/c1-18-14(13-7-5-8-13)16-17-15(18)20-12-6-11-19-9-3-2-4-10-19/h13H,2-12H2,1H3. The van der Waals surface area contributed by atoms with E-state index in [1.807, 2.05) is 11.8 Å². The van der Waals surface area contributed by atoms with E-state index < -0.39 is 0 Å². The van der Waals surface area contributed by atoms with Crippen LogP contribution in [0.5, 0.6) is 0 Å². The van der Waals surface area contributed by atoms with Crippen molar-refractivity contribution < 1.29 is 0 Å². The number of piperidine rings is 1. The van der Waals surface area contributed by atoms with Gasteiger partial charge >= 0.3 is 0 Å². The van der Waals surface area contributed by atoms with Crippen LogP contribution in [0.1, 0.15) is 56.7 Å². The Hall–Kier alpha value is -0.550. The molecule has 3 rings (SSSR count). The second-order valence-electron chi connectivity index (χ2n) is 6.13. The molecule has 0 unspecified atom stereocenters. The maximum atomic E-state index is 4.39. The van der Waals surface area contributed by atoms with E-state index in [9.17, 15) is 0 Å². The van der Waals surface area contributed by atoms with Gasteiger partial charge in [0, 0.05) is 18.7 Å². The molecule has 1 aromatic rings. The van der Waals surface area contributed by atoms with Crippen LogP contribution in [0.15, 0.2) is 5.16 Å². The Bertz CT molecular complexity index is 422. The van der Waals surface area contributed by atoms with Gasteiger partial charge in [0.05, 0.1) is 0 Å². The summed E-state index contributed by atoms with van der Waals surface area (Å²) in [5.41, 5.74) is 0. The van der Waals surface area contributed by atoms with Crippen molar-refractivity contribution >= 4 is 11.8 Å². The molecular weight excluding hydrogens is 268 g/mol. The van der Waals surface area contributed by atoms with Gasteiger partial charge in [0.1, 0.15) is 5.82 Å². The average Bonchev–Trinajstić information content (AvgIpc) is 2.76. The highest BCUT2D eigenvalue weighted by Crippen LogP contribution is 2.36. The van der Waals surface area contributed by atoms with Crippen LogP contribution in [0.25, 0.3) is 0 Å². The Balaban J connectivity index is 1.40. The molecule has 2 aliphatic rings. The van der Waals surface area contributed by atoms with Gasteiger partial charge in [0.25, 0.3) is 0 Å². The summed E-state index contributed by atoms with van der Waals surface area (Å²) in [6.07, 6.45) is 9.42. The third-order valence-electron chi connectivity index (χ3n) is 4.64. The highest BCUT2D eigenvalue weighted by Gasteiger charge is 2.25. The predicted molar refractivity (Wildman–Crippen MR) is 83.2 cm³/mol. The van der Waals surface area contributed by atoms with Crippen LogP contribution in [0.4, 0.5) is 0 Å². The summed E-state index contributed by atoms with van der Waals surface area (Å²) in [5.74, 6) is 3.04. The highest BCUT2D eigenvalue weighted by atomic mass is 32.2. The van der Waals surface area contributed by atoms with Crippen molar-refractivity contribution in [1.29, 1.82) is 0 Å². The summed E-state index contributed by atoms with van der Waals surface area (Å²) >= 11 is 1.87. The SMILES string of the molecule is Cn1c(SCCCN2CCCCC2)nnc1C1CCC1. The second kappa shape index (κ2) is 6.94. The summed E-state index contributed by atoms with van der Waals surface area (Å²) < 4.78 is 2.22. The molecule has 0 bridgehead atoms. The molecule has 0 amide bonds. The van der Waals surface area contributed by atoms with Crippen LogP contribution < -0.4 is 0 Å². The summed E-state index contributed by atoms with van der Waals surface area (Å²) in [6, 6.07) is 0. The number of likely N-dealkylation sites (tertiary alicyclic amines) is 1. The number of nitrogens with zero attached hydrogens (tertiary/aromatic N) is 4.